The smallest absolute Gasteiger partial charge is 0.269 e. The third-order valence-electron chi connectivity index (χ3n) is 3.65. The molecule has 118 valence electrons. The molecule has 0 saturated heterocycles. The Morgan fingerprint density at radius 1 is 1.17 bits per heavy atom. The summed E-state index contributed by atoms with van der Waals surface area (Å²) in [5, 5.41) is 15.6. The monoisotopic (exact) mass is 330 g/mol. The van der Waals surface area contributed by atoms with Gasteiger partial charge in [0.15, 0.2) is 0 Å². The predicted octanol–water partition coefficient (Wildman–Crippen LogP) is 4.58. The van der Waals surface area contributed by atoms with E-state index >= 15 is 0 Å². The topological polar surface area (TPSA) is 64.7 Å². The molecule has 0 amide bonds. The van der Waals surface area contributed by atoms with Crippen LogP contribution in [-0.4, -0.2) is 10.6 Å². The summed E-state index contributed by atoms with van der Waals surface area (Å²) in [6.07, 6.45) is 2.23. The molecule has 23 heavy (non-hydrogen) atoms. The molecule has 5 nitrogen and oxygen atoms in total. The van der Waals surface area contributed by atoms with Crippen molar-refractivity contribution in [3.05, 3.63) is 74.8 Å². The fraction of sp³-hybridized carbons (Fsp3) is 0.235. The van der Waals surface area contributed by atoms with Crippen LogP contribution in [0.25, 0.3) is 0 Å². The Labute approximate surface area is 138 Å². The highest BCUT2D eigenvalue weighted by Gasteiger charge is 2.29. The lowest BCUT2D eigenvalue weighted by Gasteiger charge is -2.06. The zero-order chi connectivity index (χ0) is 16.2. The molecular formula is C17H15ClN2O3. The zero-order valence-corrected chi connectivity index (χ0v) is 13.1. The minimum absolute atomic E-state index is 0.0667. The second-order valence-electron chi connectivity index (χ2n) is 5.45. The molecule has 6 heteroatoms. The van der Waals surface area contributed by atoms with Gasteiger partial charge in [-0.1, -0.05) is 28.9 Å². The van der Waals surface area contributed by atoms with E-state index in [0.717, 1.165) is 29.7 Å². The molecule has 1 fully saturated rings. The molecule has 0 aromatic heterocycles. The summed E-state index contributed by atoms with van der Waals surface area (Å²) in [6, 6.07) is 13.8. The normalized spacial score (nSPS) is 14.6. The molecule has 1 saturated carbocycles. The summed E-state index contributed by atoms with van der Waals surface area (Å²) in [4.78, 5) is 15.7. The quantitative estimate of drug-likeness (QED) is 0.442. The SMILES string of the molecule is O=[N+]([O-])c1ccc(CO/N=C(/c2ccc(Cl)cc2)C2CC2)cc1. The first-order valence-electron chi connectivity index (χ1n) is 7.32. The van der Waals surface area contributed by atoms with Crippen LogP contribution < -0.4 is 0 Å². The molecule has 0 atom stereocenters. The van der Waals surface area contributed by atoms with Crippen LogP contribution in [0.15, 0.2) is 53.7 Å². The van der Waals surface area contributed by atoms with Gasteiger partial charge in [0.2, 0.25) is 0 Å². The van der Waals surface area contributed by atoms with Crippen molar-refractivity contribution in [1.29, 1.82) is 0 Å². The van der Waals surface area contributed by atoms with Gasteiger partial charge in [-0.15, -0.1) is 0 Å². The van der Waals surface area contributed by atoms with Gasteiger partial charge < -0.3 is 4.84 Å². The third-order valence-corrected chi connectivity index (χ3v) is 3.90. The van der Waals surface area contributed by atoms with E-state index in [4.69, 9.17) is 16.4 Å². The third kappa shape index (κ3) is 4.07. The number of nitro groups is 1. The van der Waals surface area contributed by atoms with Crippen molar-refractivity contribution in [3.8, 4) is 0 Å². The zero-order valence-electron chi connectivity index (χ0n) is 12.3. The molecule has 0 aliphatic heterocycles. The van der Waals surface area contributed by atoms with E-state index in [1.807, 2.05) is 24.3 Å². The van der Waals surface area contributed by atoms with Gasteiger partial charge in [0, 0.05) is 23.1 Å². The number of non-ortho nitro benzene ring substituents is 1. The molecule has 0 heterocycles. The fourth-order valence-electron chi connectivity index (χ4n) is 2.23. The van der Waals surface area contributed by atoms with Crippen LogP contribution in [0, 0.1) is 16.0 Å². The summed E-state index contributed by atoms with van der Waals surface area (Å²) in [5.41, 5.74) is 2.85. The van der Waals surface area contributed by atoms with Crippen LogP contribution in [0.2, 0.25) is 5.02 Å². The number of oxime groups is 1. The number of hydrogen-bond donors (Lipinski definition) is 0. The van der Waals surface area contributed by atoms with Crippen LogP contribution in [0.5, 0.6) is 0 Å². The number of halogens is 1. The summed E-state index contributed by atoms with van der Waals surface area (Å²) in [5.74, 6) is 0.438. The van der Waals surface area contributed by atoms with Crippen molar-refractivity contribution in [2.75, 3.05) is 0 Å². The molecule has 1 aliphatic rings. The van der Waals surface area contributed by atoms with E-state index in [0.29, 0.717) is 10.9 Å². The molecule has 3 rings (SSSR count). The van der Waals surface area contributed by atoms with Crippen LogP contribution in [-0.2, 0) is 11.4 Å². The van der Waals surface area contributed by atoms with E-state index in [1.165, 1.54) is 12.1 Å². The van der Waals surface area contributed by atoms with Crippen LogP contribution in [0.1, 0.15) is 24.0 Å². The lowest BCUT2D eigenvalue weighted by Crippen LogP contribution is -2.04. The lowest BCUT2D eigenvalue weighted by atomic mass is 10.1. The Bertz CT molecular complexity index is 723. The first-order chi connectivity index (χ1) is 11.1. The number of benzene rings is 2. The molecule has 2 aromatic carbocycles. The lowest BCUT2D eigenvalue weighted by molar-refractivity contribution is -0.384. The van der Waals surface area contributed by atoms with Gasteiger partial charge in [-0.2, -0.15) is 0 Å². The van der Waals surface area contributed by atoms with E-state index in [1.54, 1.807) is 12.1 Å². The maximum atomic E-state index is 10.6. The fourth-order valence-corrected chi connectivity index (χ4v) is 2.36. The minimum atomic E-state index is -0.422. The second kappa shape index (κ2) is 6.79. The van der Waals surface area contributed by atoms with Gasteiger partial charge in [0.1, 0.15) is 6.61 Å². The van der Waals surface area contributed by atoms with Crippen molar-refractivity contribution in [1.82, 2.24) is 0 Å². The Kier molecular flexibility index (Phi) is 4.57. The second-order valence-corrected chi connectivity index (χ2v) is 5.89. The highest BCUT2D eigenvalue weighted by molar-refractivity contribution is 6.30. The maximum absolute atomic E-state index is 10.6. The van der Waals surface area contributed by atoms with Crippen LogP contribution >= 0.6 is 11.6 Å². The molecular weight excluding hydrogens is 316 g/mol. The predicted molar refractivity (Wildman–Crippen MR) is 88.6 cm³/mol. The summed E-state index contributed by atoms with van der Waals surface area (Å²) in [7, 11) is 0. The van der Waals surface area contributed by atoms with E-state index in [2.05, 4.69) is 5.16 Å². The molecule has 2 aromatic rings. The van der Waals surface area contributed by atoms with Crippen LogP contribution in [0.3, 0.4) is 0 Å². The van der Waals surface area contributed by atoms with E-state index in [9.17, 15) is 10.1 Å². The highest BCUT2D eigenvalue weighted by atomic mass is 35.5. The molecule has 0 radical (unpaired) electrons. The molecule has 0 bridgehead atoms. The number of nitrogens with zero attached hydrogens (tertiary/aromatic N) is 2. The Morgan fingerprint density at radius 3 is 2.39 bits per heavy atom. The summed E-state index contributed by atoms with van der Waals surface area (Å²) >= 11 is 5.91. The molecule has 0 spiro atoms. The molecule has 1 aliphatic carbocycles. The number of nitro benzene ring substituents is 1. The molecule has 0 unspecified atom stereocenters. The van der Waals surface area contributed by atoms with Crippen molar-refractivity contribution >= 4 is 23.0 Å². The minimum Gasteiger partial charge on any atom is -0.391 e. The average Bonchev–Trinajstić information content (AvgIpc) is 3.38. The van der Waals surface area contributed by atoms with Crippen LogP contribution in [0.4, 0.5) is 5.69 Å². The van der Waals surface area contributed by atoms with Gasteiger partial charge in [0.25, 0.3) is 5.69 Å². The Morgan fingerprint density at radius 2 is 1.83 bits per heavy atom. The Balaban J connectivity index is 1.67. The first-order valence-corrected chi connectivity index (χ1v) is 7.70. The average molecular weight is 331 g/mol. The maximum Gasteiger partial charge on any atom is 0.269 e. The van der Waals surface area contributed by atoms with Gasteiger partial charge in [-0.3, -0.25) is 10.1 Å². The highest BCUT2D eigenvalue weighted by Crippen LogP contribution is 2.33. The van der Waals surface area contributed by atoms with Gasteiger partial charge in [-0.25, -0.2) is 0 Å². The summed E-state index contributed by atoms with van der Waals surface area (Å²) < 4.78 is 0. The van der Waals surface area contributed by atoms with Gasteiger partial charge in [0.05, 0.1) is 10.6 Å². The number of rotatable bonds is 6. The standard InChI is InChI=1S/C17H15ClN2O3/c18-15-7-5-14(6-8-15)17(13-3-4-13)19-23-11-12-1-9-16(10-2-12)20(21)22/h1-2,5-10,13H,3-4,11H2/b19-17+. The summed E-state index contributed by atoms with van der Waals surface area (Å²) in [6.45, 7) is 0.280. The van der Waals surface area contributed by atoms with Gasteiger partial charge in [-0.05, 0) is 48.2 Å². The van der Waals surface area contributed by atoms with Crippen molar-refractivity contribution < 1.29 is 9.76 Å². The van der Waals surface area contributed by atoms with Crippen molar-refractivity contribution in [3.63, 3.8) is 0 Å². The largest absolute Gasteiger partial charge is 0.391 e. The van der Waals surface area contributed by atoms with Gasteiger partial charge >= 0.3 is 0 Å². The van der Waals surface area contributed by atoms with Crippen molar-refractivity contribution in [2.45, 2.75) is 19.4 Å². The number of hydrogen-bond acceptors (Lipinski definition) is 4. The molecule has 0 N–H and O–H groups in total. The first kappa shape index (κ1) is 15.5. The van der Waals surface area contributed by atoms with E-state index < -0.39 is 4.92 Å². The van der Waals surface area contributed by atoms with Crippen molar-refractivity contribution in [2.24, 2.45) is 11.1 Å². The van der Waals surface area contributed by atoms with E-state index in [-0.39, 0.29) is 12.3 Å². The Hall–Kier alpha value is -2.40.